The fourth-order valence-corrected chi connectivity index (χ4v) is 2.54. The molecule has 1 unspecified atom stereocenters. The molecule has 6 nitrogen and oxygen atoms in total. The van der Waals surface area contributed by atoms with Crippen LogP contribution in [0.5, 0.6) is 0 Å². The van der Waals surface area contributed by atoms with Crippen molar-refractivity contribution in [2.75, 3.05) is 11.1 Å². The molecule has 0 saturated heterocycles. The Kier molecular flexibility index (Phi) is 7.14. The average Bonchev–Trinajstić information content (AvgIpc) is 2.64. The van der Waals surface area contributed by atoms with Gasteiger partial charge in [0, 0.05) is 12.2 Å². The molecule has 1 atom stereocenters. The van der Waals surface area contributed by atoms with Gasteiger partial charge in [-0.25, -0.2) is 0 Å². The zero-order chi connectivity index (χ0) is 18.9. The number of carbonyl (C=O) groups is 2. The molecule has 2 aromatic rings. The second-order valence-corrected chi connectivity index (χ2v) is 6.34. The van der Waals surface area contributed by atoms with Crippen LogP contribution >= 0.6 is 0 Å². The smallest absolute Gasteiger partial charge is 0.274 e. The first-order valence-corrected chi connectivity index (χ1v) is 8.94. The quantitative estimate of drug-likeness (QED) is 0.498. The van der Waals surface area contributed by atoms with E-state index in [1.807, 2.05) is 6.92 Å². The summed E-state index contributed by atoms with van der Waals surface area (Å²) in [6, 6.07) is 10.2. The minimum Gasteiger partial charge on any atom is -0.397 e. The molecule has 0 radical (unpaired) electrons. The molecule has 2 rings (SSSR count). The summed E-state index contributed by atoms with van der Waals surface area (Å²) in [5.41, 5.74) is 7.48. The van der Waals surface area contributed by atoms with Crippen molar-refractivity contribution in [2.24, 2.45) is 0 Å². The summed E-state index contributed by atoms with van der Waals surface area (Å²) in [6.45, 7) is 4.14. The van der Waals surface area contributed by atoms with Crippen LogP contribution in [-0.4, -0.2) is 22.8 Å². The van der Waals surface area contributed by atoms with Gasteiger partial charge < -0.3 is 16.4 Å². The van der Waals surface area contributed by atoms with Gasteiger partial charge in [-0.2, -0.15) is 0 Å². The monoisotopic (exact) mass is 354 g/mol. The summed E-state index contributed by atoms with van der Waals surface area (Å²) in [5, 5.41) is 5.66. The Hall–Kier alpha value is -2.89. The Morgan fingerprint density at radius 2 is 1.88 bits per heavy atom. The van der Waals surface area contributed by atoms with Gasteiger partial charge >= 0.3 is 0 Å². The zero-order valence-corrected chi connectivity index (χ0v) is 15.3. The first-order chi connectivity index (χ1) is 12.5. The van der Waals surface area contributed by atoms with Gasteiger partial charge in [-0.15, -0.1) is 0 Å². The van der Waals surface area contributed by atoms with Crippen LogP contribution in [0.3, 0.4) is 0 Å². The summed E-state index contributed by atoms with van der Waals surface area (Å²) in [7, 11) is 0. The average molecular weight is 354 g/mol. The molecular weight excluding hydrogens is 328 g/mol. The maximum Gasteiger partial charge on any atom is 0.274 e. The van der Waals surface area contributed by atoms with Crippen LogP contribution in [0.4, 0.5) is 11.4 Å². The fourth-order valence-electron chi connectivity index (χ4n) is 2.54. The van der Waals surface area contributed by atoms with E-state index in [0.717, 1.165) is 25.7 Å². The second kappa shape index (κ2) is 9.56. The van der Waals surface area contributed by atoms with Crippen molar-refractivity contribution in [3.63, 3.8) is 0 Å². The number of anilines is 2. The molecular formula is C20H26N4O2. The summed E-state index contributed by atoms with van der Waals surface area (Å²) >= 11 is 0. The number of hydrogen-bond acceptors (Lipinski definition) is 4. The van der Waals surface area contributed by atoms with Crippen molar-refractivity contribution in [3.05, 3.63) is 53.9 Å². The minimum absolute atomic E-state index is 0.109. The highest BCUT2D eigenvalue weighted by Crippen LogP contribution is 2.17. The van der Waals surface area contributed by atoms with Gasteiger partial charge in [0.15, 0.2) is 0 Å². The highest BCUT2D eigenvalue weighted by Gasteiger charge is 2.13. The van der Waals surface area contributed by atoms with E-state index in [2.05, 4.69) is 22.5 Å². The van der Waals surface area contributed by atoms with Crippen LogP contribution in [0.2, 0.25) is 0 Å². The van der Waals surface area contributed by atoms with Crippen molar-refractivity contribution >= 4 is 23.2 Å². The largest absolute Gasteiger partial charge is 0.397 e. The first-order valence-electron chi connectivity index (χ1n) is 8.94. The standard InChI is InChI=1S/C20H26N4O2/c1-3-4-5-8-14(2)23-19(25)15-11-12-18(22-13-15)20(26)24-17-10-7-6-9-16(17)21/h6-7,9-14H,3-5,8,21H2,1-2H3,(H,23,25)(H,24,26). The minimum atomic E-state index is -0.372. The normalized spacial score (nSPS) is 11.6. The molecule has 0 bridgehead atoms. The van der Waals surface area contributed by atoms with Crippen molar-refractivity contribution in [1.29, 1.82) is 0 Å². The molecule has 2 amide bonds. The van der Waals surface area contributed by atoms with E-state index in [-0.39, 0.29) is 23.6 Å². The van der Waals surface area contributed by atoms with Crippen molar-refractivity contribution in [1.82, 2.24) is 10.3 Å². The first kappa shape index (κ1) is 19.4. The SMILES string of the molecule is CCCCCC(C)NC(=O)c1ccc(C(=O)Nc2ccccc2N)nc1. The number of hydrogen-bond donors (Lipinski definition) is 3. The lowest BCUT2D eigenvalue weighted by Gasteiger charge is -2.13. The molecule has 0 aliphatic rings. The van der Waals surface area contributed by atoms with Crippen LogP contribution < -0.4 is 16.4 Å². The third-order valence-electron chi connectivity index (χ3n) is 4.09. The van der Waals surface area contributed by atoms with Crippen molar-refractivity contribution < 1.29 is 9.59 Å². The molecule has 1 aromatic heterocycles. The number of benzene rings is 1. The van der Waals surface area contributed by atoms with E-state index in [1.165, 1.54) is 12.3 Å². The lowest BCUT2D eigenvalue weighted by atomic mass is 10.1. The predicted molar refractivity (Wildman–Crippen MR) is 104 cm³/mol. The van der Waals surface area contributed by atoms with Crippen LogP contribution in [-0.2, 0) is 0 Å². The lowest BCUT2D eigenvalue weighted by Crippen LogP contribution is -2.32. The molecule has 0 fully saturated rings. The fraction of sp³-hybridized carbons (Fsp3) is 0.350. The number of carbonyl (C=O) groups excluding carboxylic acids is 2. The summed E-state index contributed by atoms with van der Waals surface area (Å²) in [4.78, 5) is 28.6. The third-order valence-corrected chi connectivity index (χ3v) is 4.09. The lowest BCUT2D eigenvalue weighted by molar-refractivity contribution is 0.0935. The second-order valence-electron chi connectivity index (χ2n) is 6.34. The Morgan fingerprint density at radius 1 is 1.12 bits per heavy atom. The number of nitrogen functional groups attached to an aromatic ring is 1. The molecule has 0 aliphatic carbocycles. The van der Waals surface area contributed by atoms with E-state index in [0.29, 0.717) is 16.9 Å². The number of nitrogens with zero attached hydrogens (tertiary/aromatic N) is 1. The summed E-state index contributed by atoms with van der Waals surface area (Å²) in [6.07, 6.45) is 5.78. The van der Waals surface area contributed by atoms with Gasteiger partial charge in [0.05, 0.1) is 16.9 Å². The molecule has 0 aliphatic heterocycles. The molecule has 0 spiro atoms. The molecule has 0 saturated carbocycles. The van der Waals surface area contributed by atoms with E-state index >= 15 is 0 Å². The molecule has 138 valence electrons. The number of nitrogens with two attached hydrogens (primary N) is 1. The Morgan fingerprint density at radius 3 is 2.54 bits per heavy atom. The van der Waals surface area contributed by atoms with Gasteiger partial charge in [0.2, 0.25) is 0 Å². The van der Waals surface area contributed by atoms with Crippen LogP contribution in [0.15, 0.2) is 42.6 Å². The Balaban J connectivity index is 1.93. The highest BCUT2D eigenvalue weighted by molar-refractivity contribution is 6.04. The molecule has 1 aromatic carbocycles. The maximum absolute atomic E-state index is 12.2. The molecule has 4 N–H and O–H groups in total. The van der Waals surface area contributed by atoms with Crippen molar-refractivity contribution in [3.8, 4) is 0 Å². The highest BCUT2D eigenvalue weighted by atomic mass is 16.2. The van der Waals surface area contributed by atoms with Gasteiger partial charge in [0.25, 0.3) is 11.8 Å². The predicted octanol–water partition coefficient (Wildman–Crippen LogP) is 3.61. The topological polar surface area (TPSA) is 97.1 Å². The Labute approximate surface area is 154 Å². The van der Waals surface area contributed by atoms with E-state index in [4.69, 9.17) is 5.73 Å². The van der Waals surface area contributed by atoms with Crippen LogP contribution in [0, 0.1) is 0 Å². The van der Waals surface area contributed by atoms with Crippen LogP contribution in [0.25, 0.3) is 0 Å². The third kappa shape index (κ3) is 5.58. The van der Waals surface area contributed by atoms with E-state index in [1.54, 1.807) is 30.3 Å². The molecule has 6 heteroatoms. The number of amides is 2. The van der Waals surface area contributed by atoms with Gasteiger partial charge in [-0.05, 0) is 37.6 Å². The van der Waals surface area contributed by atoms with Crippen molar-refractivity contribution in [2.45, 2.75) is 45.6 Å². The number of rotatable bonds is 8. The number of pyridine rings is 1. The maximum atomic E-state index is 12.2. The van der Waals surface area contributed by atoms with E-state index in [9.17, 15) is 9.59 Å². The number of para-hydroxylation sites is 2. The molecule has 26 heavy (non-hydrogen) atoms. The van der Waals surface area contributed by atoms with Gasteiger partial charge in [-0.1, -0.05) is 38.3 Å². The summed E-state index contributed by atoms with van der Waals surface area (Å²) in [5.74, 6) is -0.552. The van der Waals surface area contributed by atoms with Gasteiger partial charge in [-0.3, -0.25) is 14.6 Å². The zero-order valence-electron chi connectivity index (χ0n) is 15.3. The summed E-state index contributed by atoms with van der Waals surface area (Å²) < 4.78 is 0. The number of nitrogens with one attached hydrogen (secondary N) is 2. The number of aromatic nitrogens is 1. The van der Waals surface area contributed by atoms with Gasteiger partial charge in [0.1, 0.15) is 5.69 Å². The number of unbranched alkanes of at least 4 members (excludes halogenated alkanes) is 2. The van der Waals surface area contributed by atoms with Crippen LogP contribution in [0.1, 0.15) is 60.4 Å². The molecule has 1 heterocycles. The van der Waals surface area contributed by atoms with E-state index < -0.39 is 0 Å². The Bertz CT molecular complexity index is 744.